The number of nitrogens with zero attached hydrogens (tertiary/aromatic N) is 1. The van der Waals surface area contributed by atoms with E-state index < -0.39 is 23.8 Å². The van der Waals surface area contributed by atoms with Gasteiger partial charge in [-0.3, -0.25) is 9.59 Å². The van der Waals surface area contributed by atoms with Gasteiger partial charge in [0.2, 0.25) is 5.91 Å². The first kappa shape index (κ1) is 36.0. The summed E-state index contributed by atoms with van der Waals surface area (Å²) in [5.41, 5.74) is 2.51. The number of hydrogen-bond donors (Lipinski definition) is 2. The Morgan fingerprint density at radius 2 is 1.58 bits per heavy atom. The molecule has 8 nitrogen and oxygen atoms in total. The highest BCUT2D eigenvalue weighted by Crippen LogP contribution is 2.31. The number of benzene rings is 2. The van der Waals surface area contributed by atoms with Crippen LogP contribution in [-0.2, 0) is 14.3 Å². The fraction of sp³-hybridized carbons (Fsp3) is 0.559. The monoisotopic (exact) mass is 613 g/mol. The van der Waals surface area contributed by atoms with E-state index in [0.29, 0.717) is 30.2 Å². The number of ether oxygens (including phenoxy) is 2. The summed E-state index contributed by atoms with van der Waals surface area (Å²) in [6.07, 6.45) is 6.67. The standard InChI is InChI=1S/C34H51N3O5S/c1-9-10-11-12-13-22-37(32(39)28(21-23-43-8)36-33(40)42-34(4,5)6)30(29-24(2)15-14-16-25(29)3)31(38)35-26-17-19-27(41-7)20-18-26/h14-20,28,30H,9-13,21-23H2,1-8H3,(H,35,38)(H,36,40). The Morgan fingerprint density at radius 3 is 2.14 bits per heavy atom. The molecule has 0 fully saturated rings. The van der Waals surface area contributed by atoms with Gasteiger partial charge in [0, 0.05) is 12.2 Å². The van der Waals surface area contributed by atoms with Crippen molar-refractivity contribution in [2.45, 2.75) is 97.8 Å². The zero-order valence-corrected chi connectivity index (χ0v) is 28.1. The van der Waals surface area contributed by atoms with Gasteiger partial charge in [-0.25, -0.2) is 4.79 Å². The molecule has 2 rings (SSSR count). The smallest absolute Gasteiger partial charge is 0.408 e. The third kappa shape index (κ3) is 11.8. The maximum Gasteiger partial charge on any atom is 0.408 e. The Hall–Kier alpha value is -3.20. The molecule has 2 atom stereocenters. The highest BCUT2D eigenvalue weighted by molar-refractivity contribution is 7.98. The first-order valence-corrected chi connectivity index (χ1v) is 16.6. The second-order valence-corrected chi connectivity index (χ2v) is 12.8. The number of amides is 3. The van der Waals surface area contributed by atoms with Gasteiger partial charge in [0.15, 0.2) is 0 Å². The molecule has 0 spiro atoms. The van der Waals surface area contributed by atoms with E-state index in [-0.39, 0.29) is 11.8 Å². The Labute approximate surface area is 262 Å². The summed E-state index contributed by atoms with van der Waals surface area (Å²) in [6.45, 7) is 11.8. The number of aryl methyl sites for hydroxylation is 2. The summed E-state index contributed by atoms with van der Waals surface area (Å²) in [5, 5.41) is 5.87. The van der Waals surface area contributed by atoms with Gasteiger partial charge >= 0.3 is 6.09 Å². The fourth-order valence-electron chi connectivity index (χ4n) is 4.97. The minimum Gasteiger partial charge on any atom is -0.497 e. The van der Waals surface area contributed by atoms with Crippen LogP contribution in [0.2, 0.25) is 0 Å². The van der Waals surface area contributed by atoms with Gasteiger partial charge in [-0.2, -0.15) is 11.8 Å². The summed E-state index contributed by atoms with van der Waals surface area (Å²) in [5.74, 6) is 0.721. The van der Waals surface area contributed by atoms with Gasteiger partial charge in [-0.1, -0.05) is 50.8 Å². The second-order valence-electron chi connectivity index (χ2n) is 11.9. The van der Waals surface area contributed by atoms with E-state index in [1.165, 1.54) is 0 Å². The van der Waals surface area contributed by atoms with E-state index in [2.05, 4.69) is 17.6 Å². The summed E-state index contributed by atoms with van der Waals surface area (Å²) in [4.78, 5) is 43.3. The number of thioether (sulfide) groups is 1. The van der Waals surface area contributed by atoms with Crippen molar-refractivity contribution in [3.05, 3.63) is 59.2 Å². The summed E-state index contributed by atoms with van der Waals surface area (Å²) >= 11 is 1.59. The third-order valence-corrected chi connectivity index (χ3v) is 7.76. The molecule has 2 unspecified atom stereocenters. The molecule has 2 N–H and O–H groups in total. The molecule has 0 aliphatic heterocycles. The topological polar surface area (TPSA) is 97.0 Å². The van der Waals surface area contributed by atoms with Crippen LogP contribution in [0.15, 0.2) is 42.5 Å². The van der Waals surface area contributed by atoms with Crippen LogP contribution < -0.4 is 15.4 Å². The van der Waals surface area contributed by atoms with Crippen molar-refractivity contribution >= 4 is 35.4 Å². The SMILES string of the molecule is CCCCCCCN(C(=O)C(CCSC)NC(=O)OC(C)(C)C)C(C(=O)Nc1ccc(OC)cc1)c1c(C)cccc1C. The lowest BCUT2D eigenvalue weighted by Gasteiger charge is -2.36. The van der Waals surface area contributed by atoms with Gasteiger partial charge in [0.05, 0.1) is 7.11 Å². The first-order valence-electron chi connectivity index (χ1n) is 15.2. The van der Waals surface area contributed by atoms with Crippen LogP contribution in [0.3, 0.4) is 0 Å². The predicted molar refractivity (Wildman–Crippen MR) is 177 cm³/mol. The van der Waals surface area contributed by atoms with E-state index in [1.807, 2.05) is 38.3 Å². The third-order valence-electron chi connectivity index (χ3n) is 7.12. The quantitative estimate of drug-likeness (QED) is 0.191. The van der Waals surface area contributed by atoms with Crippen molar-refractivity contribution in [1.82, 2.24) is 10.2 Å². The molecule has 238 valence electrons. The molecular weight excluding hydrogens is 562 g/mol. The number of hydrogen-bond acceptors (Lipinski definition) is 6. The Balaban J connectivity index is 2.57. The molecule has 2 aromatic rings. The Bertz CT molecular complexity index is 1160. The van der Waals surface area contributed by atoms with Crippen molar-refractivity contribution in [2.75, 3.05) is 31.0 Å². The summed E-state index contributed by atoms with van der Waals surface area (Å²) in [6, 6.07) is 11.2. The zero-order chi connectivity index (χ0) is 32.0. The largest absolute Gasteiger partial charge is 0.497 e. The lowest BCUT2D eigenvalue weighted by atomic mass is 9.93. The molecule has 0 bridgehead atoms. The highest BCUT2D eigenvalue weighted by Gasteiger charge is 2.37. The minimum absolute atomic E-state index is 0.298. The van der Waals surface area contributed by atoms with Crippen LogP contribution in [-0.4, -0.2) is 60.1 Å². The summed E-state index contributed by atoms with van der Waals surface area (Å²) in [7, 11) is 1.59. The number of nitrogens with one attached hydrogen (secondary N) is 2. The van der Waals surface area contributed by atoms with Crippen LogP contribution in [0.5, 0.6) is 5.75 Å². The average Bonchev–Trinajstić information content (AvgIpc) is 2.94. The van der Waals surface area contributed by atoms with Crippen molar-refractivity contribution in [1.29, 1.82) is 0 Å². The van der Waals surface area contributed by atoms with Crippen LogP contribution in [0.25, 0.3) is 0 Å². The maximum absolute atomic E-state index is 14.5. The number of anilines is 1. The lowest BCUT2D eigenvalue weighted by Crippen LogP contribution is -2.53. The van der Waals surface area contributed by atoms with Gasteiger partial charge in [0.1, 0.15) is 23.4 Å². The predicted octanol–water partition coefficient (Wildman–Crippen LogP) is 7.44. The number of rotatable bonds is 16. The van der Waals surface area contributed by atoms with Gasteiger partial charge in [-0.15, -0.1) is 0 Å². The summed E-state index contributed by atoms with van der Waals surface area (Å²) < 4.78 is 10.8. The van der Waals surface area contributed by atoms with E-state index in [9.17, 15) is 14.4 Å². The van der Waals surface area contributed by atoms with Crippen molar-refractivity contribution in [3.63, 3.8) is 0 Å². The molecule has 0 aliphatic carbocycles. The molecule has 9 heteroatoms. The highest BCUT2D eigenvalue weighted by atomic mass is 32.2. The molecule has 0 radical (unpaired) electrons. The Kier molecular flexibility index (Phi) is 14.9. The van der Waals surface area contributed by atoms with Crippen LogP contribution in [0.4, 0.5) is 10.5 Å². The van der Waals surface area contributed by atoms with E-state index >= 15 is 0 Å². The number of alkyl carbamates (subject to hydrolysis) is 1. The molecule has 2 aromatic carbocycles. The number of carbonyl (C=O) groups excluding carboxylic acids is 3. The molecule has 3 amide bonds. The van der Waals surface area contributed by atoms with E-state index in [4.69, 9.17) is 9.47 Å². The normalized spacial score (nSPS) is 12.7. The molecule has 0 aromatic heterocycles. The molecular formula is C34H51N3O5S. The zero-order valence-electron chi connectivity index (χ0n) is 27.2. The van der Waals surface area contributed by atoms with Gasteiger partial charge in [-0.05, 0) is 100 Å². The van der Waals surface area contributed by atoms with Crippen LogP contribution in [0.1, 0.15) is 89.0 Å². The maximum atomic E-state index is 14.5. The van der Waals surface area contributed by atoms with Crippen LogP contribution in [0, 0.1) is 13.8 Å². The van der Waals surface area contributed by atoms with E-state index in [0.717, 1.165) is 48.8 Å². The number of methoxy groups -OCH3 is 1. The van der Waals surface area contributed by atoms with Crippen molar-refractivity contribution in [2.24, 2.45) is 0 Å². The molecule has 0 saturated carbocycles. The minimum atomic E-state index is -0.904. The van der Waals surface area contributed by atoms with Crippen molar-refractivity contribution in [3.8, 4) is 5.75 Å². The molecule has 0 heterocycles. The molecule has 0 aliphatic rings. The first-order chi connectivity index (χ1) is 20.4. The Morgan fingerprint density at radius 1 is 0.953 bits per heavy atom. The molecule has 0 saturated heterocycles. The molecule has 43 heavy (non-hydrogen) atoms. The van der Waals surface area contributed by atoms with Crippen molar-refractivity contribution < 1.29 is 23.9 Å². The second kappa shape index (κ2) is 17.8. The van der Waals surface area contributed by atoms with Gasteiger partial charge < -0.3 is 25.0 Å². The number of unbranched alkanes of at least 4 members (excludes halogenated alkanes) is 4. The lowest BCUT2D eigenvalue weighted by molar-refractivity contribution is -0.141. The van der Waals surface area contributed by atoms with Crippen LogP contribution >= 0.6 is 11.8 Å². The number of carbonyl (C=O) groups is 3. The average molecular weight is 614 g/mol. The fourth-order valence-corrected chi connectivity index (χ4v) is 5.44. The van der Waals surface area contributed by atoms with Gasteiger partial charge in [0.25, 0.3) is 5.91 Å². The van der Waals surface area contributed by atoms with E-state index in [1.54, 1.807) is 68.8 Å².